The first-order valence-electron chi connectivity index (χ1n) is 13.9. The molecule has 1 N–H and O–H groups in total. The van der Waals surface area contributed by atoms with E-state index in [-0.39, 0.29) is 43.6 Å². The van der Waals surface area contributed by atoms with Crippen LogP contribution >= 0.6 is 0 Å². The van der Waals surface area contributed by atoms with Crippen LogP contribution in [0.4, 0.5) is 15.3 Å². The number of carbonyl (C=O) groups excluding carboxylic acids is 2. The summed E-state index contributed by atoms with van der Waals surface area (Å²) in [4.78, 5) is 36.6. The van der Waals surface area contributed by atoms with E-state index in [1.54, 1.807) is 37.3 Å². The molecule has 1 atom stereocenters. The van der Waals surface area contributed by atoms with Crippen molar-refractivity contribution in [1.82, 2.24) is 5.32 Å². The number of ether oxygens (including phenoxy) is 6. The number of carbonyl (C=O) groups is 2. The van der Waals surface area contributed by atoms with Gasteiger partial charge in [-0.1, -0.05) is 55.5 Å². The Hall–Kier alpha value is -5.52. The Morgan fingerprint density at radius 2 is 1.32 bits per heavy atom. The maximum absolute atomic E-state index is 12.8. The van der Waals surface area contributed by atoms with Crippen LogP contribution in [0.1, 0.15) is 31.7 Å². The largest absolute Gasteiger partial charge is 0.513 e. The van der Waals surface area contributed by atoms with E-state index < -0.39 is 23.2 Å². The lowest BCUT2D eigenvalue weighted by Gasteiger charge is -2.31. The summed E-state index contributed by atoms with van der Waals surface area (Å²) in [5, 5.41) is 14.7. The Kier molecular flexibility index (Phi) is 11.2. The van der Waals surface area contributed by atoms with Gasteiger partial charge in [0, 0.05) is 12.1 Å². The van der Waals surface area contributed by atoms with Crippen LogP contribution in [-0.2, 0) is 18.9 Å². The van der Waals surface area contributed by atoms with Gasteiger partial charge in [0.25, 0.3) is 5.69 Å². The Morgan fingerprint density at radius 1 is 0.773 bits per heavy atom. The molecule has 1 aliphatic heterocycles. The SMILES string of the molecule is CCC1=C(OC(=O)OCCOc2ccccc2)C(c2cccc([N+](=O)[O-])c2)C(OC(=O)OCCOc2ccccc2)=C(C)N1. The van der Waals surface area contributed by atoms with Crippen molar-refractivity contribution < 1.29 is 42.9 Å². The average Bonchev–Trinajstić information content (AvgIpc) is 3.04. The van der Waals surface area contributed by atoms with Crippen LogP contribution < -0.4 is 14.8 Å². The van der Waals surface area contributed by atoms with E-state index in [1.165, 1.54) is 18.2 Å². The molecule has 12 heteroatoms. The quantitative estimate of drug-likeness (QED) is 0.0975. The van der Waals surface area contributed by atoms with E-state index >= 15 is 0 Å². The van der Waals surface area contributed by atoms with Gasteiger partial charge >= 0.3 is 12.3 Å². The molecule has 1 heterocycles. The highest BCUT2D eigenvalue weighted by molar-refractivity contribution is 5.65. The van der Waals surface area contributed by atoms with Crippen molar-refractivity contribution in [3.63, 3.8) is 0 Å². The van der Waals surface area contributed by atoms with Gasteiger partial charge in [-0.15, -0.1) is 0 Å². The van der Waals surface area contributed by atoms with Gasteiger partial charge in [-0.2, -0.15) is 0 Å². The number of nitro benzene ring substituents is 1. The fraction of sp³-hybridized carbons (Fsp3) is 0.250. The normalized spacial score (nSPS) is 14.3. The number of para-hydroxylation sites is 2. The molecule has 4 rings (SSSR count). The van der Waals surface area contributed by atoms with Gasteiger partial charge in [0.15, 0.2) is 0 Å². The van der Waals surface area contributed by atoms with Gasteiger partial charge in [0.2, 0.25) is 0 Å². The monoisotopic (exact) mass is 604 g/mol. The maximum atomic E-state index is 12.8. The smallest absolute Gasteiger partial charge is 0.490 e. The Balaban J connectivity index is 1.49. The third kappa shape index (κ3) is 8.74. The number of benzene rings is 3. The van der Waals surface area contributed by atoms with Crippen LogP contribution in [0.5, 0.6) is 11.5 Å². The highest BCUT2D eigenvalue weighted by Gasteiger charge is 2.37. The summed E-state index contributed by atoms with van der Waals surface area (Å²) in [7, 11) is 0. The molecule has 0 aromatic heterocycles. The van der Waals surface area contributed by atoms with E-state index in [9.17, 15) is 19.7 Å². The van der Waals surface area contributed by atoms with E-state index in [0.29, 0.717) is 34.9 Å². The van der Waals surface area contributed by atoms with Gasteiger partial charge in [-0.05, 0) is 43.2 Å². The second-order valence-corrected chi connectivity index (χ2v) is 9.32. The van der Waals surface area contributed by atoms with Crippen molar-refractivity contribution in [3.8, 4) is 11.5 Å². The van der Waals surface area contributed by atoms with Crippen LogP contribution in [0.2, 0.25) is 0 Å². The van der Waals surface area contributed by atoms with Crippen LogP contribution in [0.15, 0.2) is 108 Å². The van der Waals surface area contributed by atoms with Gasteiger partial charge in [-0.3, -0.25) is 10.1 Å². The van der Waals surface area contributed by atoms with Gasteiger partial charge in [0.05, 0.1) is 16.3 Å². The number of rotatable bonds is 13. The minimum absolute atomic E-state index is 0.0342. The van der Waals surface area contributed by atoms with Crippen LogP contribution in [0, 0.1) is 10.1 Å². The number of nitrogens with zero attached hydrogens (tertiary/aromatic N) is 1. The minimum atomic E-state index is -1.03. The molecule has 3 aromatic carbocycles. The molecule has 0 amide bonds. The standard InChI is InChI=1S/C32H32N2O10/c1-3-27-30(44-32(36)42-20-18-40-26-15-8-5-9-16-26)28(23-11-10-12-24(21-23)34(37)38)29(22(2)33-27)43-31(35)41-19-17-39-25-13-6-4-7-14-25/h4-16,21,28,33H,3,17-20H2,1-2H3. The van der Waals surface area contributed by atoms with Gasteiger partial charge < -0.3 is 33.7 Å². The zero-order valence-corrected chi connectivity index (χ0v) is 24.2. The summed E-state index contributed by atoms with van der Waals surface area (Å²) in [5.74, 6) is 0.299. The average molecular weight is 605 g/mol. The highest BCUT2D eigenvalue weighted by atomic mass is 16.7. The van der Waals surface area contributed by atoms with Crippen molar-refractivity contribution in [1.29, 1.82) is 0 Å². The molecule has 0 aliphatic carbocycles. The third-order valence-electron chi connectivity index (χ3n) is 6.31. The first-order valence-corrected chi connectivity index (χ1v) is 13.9. The summed E-state index contributed by atoms with van der Waals surface area (Å²) in [6.45, 7) is 3.45. The lowest BCUT2D eigenvalue weighted by molar-refractivity contribution is -0.384. The number of hydrogen-bond donors (Lipinski definition) is 1. The molecule has 44 heavy (non-hydrogen) atoms. The highest BCUT2D eigenvalue weighted by Crippen LogP contribution is 2.41. The number of dihydropyridines is 1. The minimum Gasteiger partial charge on any atom is -0.490 e. The lowest BCUT2D eigenvalue weighted by atomic mass is 9.89. The molecule has 1 unspecified atom stereocenters. The van der Waals surface area contributed by atoms with Crippen molar-refractivity contribution in [2.45, 2.75) is 26.2 Å². The van der Waals surface area contributed by atoms with E-state index in [4.69, 9.17) is 28.4 Å². The Morgan fingerprint density at radius 3 is 1.84 bits per heavy atom. The third-order valence-corrected chi connectivity index (χ3v) is 6.31. The fourth-order valence-electron chi connectivity index (χ4n) is 4.34. The molecular formula is C32H32N2O10. The van der Waals surface area contributed by atoms with Crippen molar-refractivity contribution in [2.24, 2.45) is 0 Å². The summed E-state index contributed by atoms with van der Waals surface area (Å²) >= 11 is 0. The zero-order valence-electron chi connectivity index (χ0n) is 24.2. The number of non-ortho nitro benzene ring substituents is 1. The Labute approximate surface area is 253 Å². The second kappa shape index (κ2) is 15.6. The summed E-state index contributed by atoms with van der Waals surface area (Å²) in [6.07, 6.45) is -1.68. The molecule has 230 valence electrons. The first kappa shape index (κ1) is 31.4. The number of nitrogens with one attached hydrogen (secondary N) is 1. The lowest BCUT2D eigenvalue weighted by Crippen LogP contribution is -2.30. The van der Waals surface area contributed by atoms with Crippen molar-refractivity contribution in [3.05, 3.63) is 124 Å². The number of nitro groups is 1. The number of hydrogen-bond acceptors (Lipinski definition) is 11. The summed E-state index contributed by atoms with van der Waals surface area (Å²) < 4.78 is 32.8. The molecular weight excluding hydrogens is 572 g/mol. The summed E-state index contributed by atoms with van der Waals surface area (Å²) in [6, 6.07) is 23.8. The molecule has 12 nitrogen and oxygen atoms in total. The first-order chi connectivity index (χ1) is 21.4. The summed E-state index contributed by atoms with van der Waals surface area (Å²) in [5.41, 5.74) is 1.06. The molecule has 3 aromatic rings. The predicted octanol–water partition coefficient (Wildman–Crippen LogP) is 6.60. The van der Waals surface area contributed by atoms with Gasteiger partial charge in [-0.25, -0.2) is 9.59 Å². The Bertz CT molecular complexity index is 1510. The van der Waals surface area contributed by atoms with Crippen LogP contribution in [-0.4, -0.2) is 43.7 Å². The predicted molar refractivity (Wildman–Crippen MR) is 158 cm³/mol. The van der Waals surface area contributed by atoms with E-state index in [1.807, 2.05) is 43.3 Å². The second-order valence-electron chi connectivity index (χ2n) is 9.32. The van der Waals surface area contributed by atoms with E-state index in [0.717, 1.165) is 0 Å². The van der Waals surface area contributed by atoms with Crippen LogP contribution in [0.3, 0.4) is 0 Å². The molecule has 0 spiro atoms. The molecule has 0 fully saturated rings. The fourth-order valence-corrected chi connectivity index (χ4v) is 4.34. The molecule has 0 saturated heterocycles. The number of allylic oxidation sites excluding steroid dienone is 2. The molecule has 1 aliphatic rings. The molecule has 0 bridgehead atoms. The zero-order chi connectivity index (χ0) is 31.3. The van der Waals surface area contributed by atoms with Crippen molar-refractivity contribution in [2.75, 3.05) is 26.4 Å². The molecule has 0 radical (unpaired) electrons. The van der Waals surface area contributed by atoms with Crippen molar-refractivity contribution >= 4 is 18.0 Å². The topological polar surface area (TPSA) is 145 Å². The van der Waals surface area contributed by atoms with Crippen LogP contribution in [0.25, 0.3) is 0 Å². The maximum Gasteiger partial charge on any atom is 0.513 e. The van der Waals surface area contributed by atoms with E-state index in [2.05, 4.69) is 5.32 Å². The van der Waals surface area contributed by atoms with Gasteiger partial charge in [0.1, 0.15) is 55.4 Å². The molecule has 0 saturated carbocycles.